The summed E-state index contributed by atoms with van der Waals surface area (Å²) in [7, 11) is -3.09. The van der Waals surface area contributed by atoms with Gasteiger partial charge in [0, 0.05) is 17.8 Å². The van der Waals surface area contributed by atoms with Gasteiger partial charge in [-0.25, -0.2) is 0 Å². The van der Waals surface area contributed by atoms with Crippen molar-refractivity contribution in [1.82, 2.24) is 0 Å². The number of hydrogen-bond donors (Lipinski definition) is 0. The van der Waals surface area contributed by atoms with E-state index in [-0.39, 0.29) is 46.2 Å². The highest BCUT2D eigenvalue weighted by molar-refractivity contribution is 6.74. The molecule has 1 aliphatic rings. The first-order chi connectivity index (χ1) is 18.4. The smallest absolute Gasteiger partial charge is 0.308 e. The predicted octanol–water partition coefficient (Wildman–Crippen LogP) is 8.59. The van der Waals surface area contributed by atoms with Crippen LogP contribution in [-0.4, -0.2) is 54.0 Å². The van der Waals surface area contributed by atoms with Gasteiger partial charge in [-0.15, -0.1) is 0 Å². The lowest BCUT2D eigenvalue weighted by Gasteiger charge is -2.46. The monoisotopic (exact) mass is 612 g/mol. The molecule has 0 heterocycles. The Morgan fingerprint density at radius 1 is 0.878 bits per heavy atom. The summed E-state index contributed by atoms with van der Waals surface area (Å²) in [5.74, 6) is 0.780. The van der Waals surface area contributed by atoms with Gasteiger partial charge in [0.05, 0.1) is 25.7 Å². The van der Waals surface area contributed by atoms with Gasteiger partial charge in [-0.05, 0) is 66.9 Å². The molecule has 8 heteroatoms. The van der Waals surface area contributed by atoms with Crippen LogP contribution in [0.4, 0.5) is 0 Å². The van der Waals surface area contributed by atoms with E-state index in [9.17, 15) is 14.4 Å². The van der Waals surface area contributed by atoms with Gasteiger partial charge in [0.2, 0.25) is 0 Å². The highest BCUT2D eigenvalue weighted by Crippen LogP contribution is 2.46. The second kappa shape index (κ2) is 14.3. The van der Waals surface area contributed by atoms with E-state index in [0.29, 0.717) is 18.3 Å². The van der Waals surface area contributed by atoms with Crippen molar-refractivity contribution in [2.75, 3.05) is 7.11 Å². The molecule has 0 saturated heterocycles. The zero-order valence-electron chi connectivity index (χ0n) is 29.2. The van der Waals surface area contributed by atoms with E-state index in [4.69, 9.17) is 13.6 Å². The molecule has 1 rings (SSSR count). The molecule has 6 nitrogen and oxygen atoms in total. The minimum absolute atomic E-state index is 0.0121. The van der Waals surface area contributed by atoms with Gasteiger partial charge >= 0.3 is 5.97 Å². The number of Topliss-reactive ketones (excluding diaryl/α,β-unsaturated/α-hetero) is 1. The molecule has 240 valence electrons. The van der Waals surface area contributed by atoms with E-state index >= 15 is 0 Å². The van der Waals surface area contributed by atoms with Crippen molar-refractivity contribution in [3.05, 3.63) is 0 Å². The van der Waals surface area contributed by atoms with Crippen molar-refractivity contribution in [2.24, 2.45) is 29.1 Å². The molecule has 0 amide bonds. The van der Waals surface area contributed by atoms with Crippen LogP contribution in [0.5, 0.6) is 0 Å². The molecule has 1 fully saturated rings. The van der Waals surface area contributed by atoms with E-state index in [1.165, 1.54) is 7.11 Å². The molecule has 0 aliphatic heterocycles. The van der Waals surface area contributed by atoms with Crippen LogP contribution >= 0.6 is 0 Å². The van der Waals surface area contributed by atoms with Crippen LogP contribution in [0.25, 0.3) is 0 Å². The number of methoxy groups -OCH3 is 1. The molecule has 0 aromatic rings. The van der Waals surface area contributed by atoms with Gasteiger partial charge in [-0.1, -0.05) is 82.1 Å². The summed E-state index contributed by atoms with van der Waals surface area (Å²) in [5, 5.41) is -0.0565. The van der Waals surface area contributed by atoms with Crippen molar-refractivity contribution < 1.29 is 28.0 Å². The summed E-state index contributed by atoms with van der Waals surface area (Å²) < 4.78 is 18.9. The van der Waals surface area contributed by atoms with Gasteiger partial charge in [-0.2, -0.15) is 0 Å². The number of carbonyl (C=O) groups is 3. The fourth-order valence-corrected chi connectivity index (χ4v) is 8.19. The Hall–Kier alpha value is -0.836. The van der Waals surface area contributed by atoms with Gasteiger partial charge in [0.1, 0.15) is 12.1 Å². The minimum atomic E-state index is -2.29. The molecule has 41 heavy (non-hydrogen) atoms. The summed E-state index contributed by atoms with van der Waals surface area (Å²) >= 11 is 0. The molecule has 0 aromatic carbocycles. The average molecular weight is 613 g/mol. The fraction of sp³-hybridized carbons (Fsp3) is 0.909. The van der Waals surface area contributed by atoms with E-state index in [1.807, 2.05) is 20.8 Å². The van der Waals surface area contributed by atoms with Crippen molar-refractivity contribution in [2.45, 2.75) is 156 Å². The van der Waals surface area contributed by atoms with E-state index in [1.54, 1.807) is 0 Å². The van der Waals surface area contributed by atoms with Gasteiger partial charge in [-0.3, -0.25) is 9.59 Å². The molecular weight excluding hydrogens is 549 g/mol. The second-order valence-electron chi connectivity index (χ2n) is 16.4. The molecule has 0 unspecified atom stereocenters. The quantitative estimate of drug-likeness (QED) is 0.0930. The standard InChI is InChI=1S/C33H64O6Si2/c1-23(17-16-18-25-21-26(25)19-20-34)29(39-41(14,15)32(6,7)8)24(2)30(36)33(9,10)27(22-28(35)37-11)38-40(12,13)31(3,4)5/h20,23-27,29H,16-19,21-22H2,1-15H3/t23-,24+,25+,26+,27-,29-/m0/s1. The van der Waals surface area contributed by atoms with Crippen LogP contribution in [-0.2, 0) is 28.0 Å². The first kappa shape index (κ1) is 38.2. The topological polar surface area (TPSA) is 78.9 Å². The summed E-state index contributed by atoms with van der Waals surface area (Å²) in [5.41, 5.74) is -0.909. The maximum Gasteiger partial charge on any atom is 0.308 e. The van der Waals surface area contributed by atoms with Crippen molar-refractivity contribution >= 4 is 34.7 Å². The SMILES string of the molecule is COC(=O)C[C@H](O[Si](C)(C)C(C)(C)C)C(C)(C)C(=O)[C@H](C)[C@@H](O[Si](C)(C)C(C)(C)C)[C@@H](C)CCC[C@@H]1C[C@H]1CC=O. The fourth-order valence-electron chi connectivity index (χ4n) is 5.28. The largest absolute Gasteiger partial charge is 0.469 e. The molecule has 1 aliphatic carbocycles. The Bertz CT molecular complexity index is 883. The van der Waals surface area contributed by atoms with Gasteiger partial charge in [0.25, 0.3) is 0 Å². The zero-order chi connectivity index (χ0) is 32.2. The first-order valence-electron chi connectivity index (χ1n) is 15.8. The van der Waals surface area contributed by atoms with Crippen LogP contribution in [0, 0.1) is 29.1 Å². The maximum atomic E-state index is 14.5. The number of esters is 1. The van der Waals surface area contributed by atoms with Crippen molar-refractivity contribution in [3.8, 4) is 0 Å². The van der Waals surface area contributed by atoms with Crippen LogP contribution in [0.2, 0.25) is 36.3 Å². The highest BCUT2D eigenvalue weighted by Gasteiger charge is 2.50. The van der Waals surface area contributed by atoms with Gasteiger partial charge < -0.3 is 18.4 Å². The summed E-state index contributed by atoms with van der Waals surface area (Å²) in [6.45, 7) is 30.1. The number of hydrogen-bond acceptors (Lipinski definition) is 6. The predicted molar refractivity (Wildman–Crippen MR) is 174 cm³/mol. The first-order valence-corrected chi connectivity index (χ1v) is 21.6. The van der Waals surface area contributed by atoms with E-state index in [2.05, 4.69) is 74.7 Å². The van der Waals surface area contributed by atoms with Gasteiger partial charge in [0.15, 0.2) is 16.6 Å². The lowest BCUT2D eigenvalue weighted by molar-refractivity contribution is -0.148. The van der Waals surface area contributed by atoms with Crippen LogP contribution in [0.3, 0.4) is 0 Å². The third-order valence-electron chi connectivity index (χ3n) is 10.7. The summed E-state index contributed by atoms with van der Waals surface area (Å²) in [6, 6.07) is 0. The Morgan fingerprint density at radius 2 is 1.39 bits per heavy atom. The Morgan fingerprint density at radius 3 is 1.85 bits per heavy atom. The average Bonchev–Trinajstić information content (AvgIpc) is 3.57. The molecule has 0 radical (unpaired) electrons. The lowest BCUT2D eigenvalue weighted by Crippen LogP contribution is -2.54. The summed E-state index contributed by atoms with van der Waals surface area (Å²) in [6.07, 6.45) is 5.31. The lowest BCUT2D eigenvalue weighted by atomic mass is 9.73. The molecule has 1 saturated carbocycles. The normalized spacial score (nSPS) is 21.5. The summed E-state index contributed by atoms with van der Waals surface area (Å²) in [4.78, 5) is 37.9. The molecule has 0 spiro atoms. The van der Waals surface area contributed by atoms with Crippen molar-refractivity contribution in [3.63, 3.8) is 0 Å². The highest BCUT2D eigenvalue weighted by atomic mass is 28.4. The Kier molecular flexibility index (Phi) is 13.3. The molecular formula is C33H64O6Si2. The van der Waals surface area contributed by atoms with Crippen molar-refractivity contribution in [1.29, 1.82) is 0 Å². The second-order valence-corrected chi connectivity index (χ2v) is 25.9. The maximum absolute atomic E-state index is 14.5. The molecule has 6 atom stereocenters. The van der Waals surface area contributed by atoms with Crippen LogP contribution < -0.4 is 0 Å². The number of ketones is 1. The van der Waals surface area contributed by atoms with E-state index in [0.717, 1.165) is 32.0 Å². The van der Waals surface area contributed by atoms with Crippen LogP contribution in [0.15, 0.2) is 0 Å². The zero-order valence-corrected chi connectivity index (χ0v) is 31.2. The van der Waals surface area contributed by atoms with Crippen LogP contribution in [0.1, 0.15) is 108 Å². The minimum Gasteiger partial charge on any atom is -0.469 e. The Balaban J connectivity index is 3.29. The number of ether oxygens (including phenoxy) is 1. The number of aldehydes is 1. The van der Waals surface area contributed by atoms with E-state index < -0.39 is 28.2 Å². The third kappa shape index (κ3) is 10.4. The molecule has 0 N–H and O–H groups in total. The molecule has 0 aromatic heterocycles. The number of rotatable bonds is 17. The Labute approximate surface area is 254 Å². The third-order valence-corrected chi connectivity index (χ3v) is 19.6. The number of carbonyl (C=O) groups excluding carboxylic acids is 3. The molecule has 0 bridgehead atoms.